The normalized spacial score (nSPS) is 15.0. The van der Waals surface area contributed by atoms with Gasteiger partial charge < -0.3 is 28.8 Å². The van der Waals surface area contributed by atoms with Crippen LogP contribution in [0.15, 0.2) is 12.2 Å². The summed E-state index contributed by atoms with van der Waals surface area (Å²) in [6.07, 6.45) is 26.9. The zero-order valence-corrected chi connectivity index (χ0v) is 29.6. The summed E-state index contributed by atoms with van der Waals surface area (Å²) < 4.78 is 22.9. The number of aliphatic hydroxyl groups is 1. The molecule has 0 spiro atoms. The highest BCUT2D eigenvalue weighted by molar-refractivity contribution is 7.45. The minimum absolute atomic E-state index is 0.0111. The lowest BCUT2D eigenvalue weighted by Crippen LogP contribution is -2.46. The van der Waals surface area contributed by atoms with Crippen molar-refractivity contribution in [1.29, 1.82) is 0 Å². The van der Waals surface area contributed by atoms with E-state index in [1.807, 2.05) is 21.1 Å². The molecule has 43 heavy (non-hydrogen) atoms. The number of quaternary nitrogens is 1. The van der Waals surface area contributed by atoms with Crippen LogP contribution in [0.3, 0.4) is 0 Å². The third-order valence-corrected chi connectivity index (χ3v) is 8.72. The molecule has 0 aromatic heterocycles. The molecular formula is C34H69N2O6P. The number of phosphoric acid groups is 1. The van der Waals surface area contributed by atoms with Crippen LogP contribution in [0, 0.1) is 0 Å². The van der Waals surface area contributed by atoms with Crippen molar-refractivity contribution in [2.45, 2.75) is 161 Å². The molecule has 1 amide bonds. The number of nitrogens with one attached hydrogen (secondary N) is 1. The number of aliphatic hydroxyl groups excluding tert-OH is 1. The van der Waals surface area contributed by atoms with Gasteiger partial charge in [-0.1, -0.05) is 116 Å². The van der Waals surface area contributed by atoms with Gasteiger partial charge in [0.25, 0.3) is 7.82 Å². The molecule has 0 fully saturated rings. The van der Waals surface area contributed by atoms with Crippen LogP contribution in [0.1, 0.15) is 149 Å². The zero-order valence-electron chi connectivity index (χ0n) is 28.7. The third-order valence-electron chi connectivity index (χ3n) is 7.75. The number of unbranched alkanes of at least 4 members (excludes halogenated alkanes) is 16. The van der Waals surface area contributed by atoms with E-state index in [0.717, 1.165) is 44.9 Å². The Balaban J connectivity index is 4.21. The molecule has 3 unspecified atom stereocenters. The van der Waals surface area contributed by atoms with Gasteiger partial charge in [0.2, 0.25) is 5.91 Å². The molecule has 0 radical (unpaired) electrons. The number of hydrogen-bond acceptors (Lipinski definition) is 6. The topological polar surface area (TPSA) is 108 Å². The lowest BCUT2D eigenvalue weighted by Gasteiger charge is -2.30. The van der Waals surface area contributed by atoms with Crippen molar-refractivity contribution in [3.05, 3.63) is 12.2 Å². The average Bonchev–Trinajstić information content (AvgIpc) is 2.94. The van der Waals surface area contributed by atoms with Crippen LogP contribution in [-0.2, 0) is 18.4 Å². The lowest BCUT2D eigenvalue weighted by molar-refractivity contribution is -0.870. The maximum absolute atomic E-state index is 12.6. The summed E-state index contributed by atoms with van der Waals surface area (Å²) in [5.74, 6) is -0.180. The fourth-order valence-corrected chi connectivity index (χ4v) is 5.58. The number of amides is 1. The first-order chi connectivity index (χ1) is 20.5. The quantitative estimate of drug-likeness (QED) is 0.0349. The monoisotopic (exact) mass is 632 g/mol. The summed E-state index contributed by atoms with van der Waals surface area (Å²) in [5, 5.41) is 13.5. The van der Waals surface area contributed by atoms with Crippen molar-refractivity contribution in [2.24, 2.45) is 0 Å². The number of phosphoric ester groups is 1. The fraction of sp³-hybridized carbons (Fsp3) is 0.912. The van der Waals surface area contributed by atoms with Gasteiger partial charge in [0.05, 0.1) is 39.9 Å². The summed E-state index contributed by atoms with van der Waals surface area (Å²) in [6, 6.07) is -0.793. The number of nitrogens with zero attached hydrogens (tertiary/aromatic N) is 1. The first kappa shape index (κ1) is 42.2. The van der Waals surface area contributed by atoms with E-state index in [2.05, 4.69) is 31.3 Å². The maximum atomic E-state index is 12.6. The zero-order chi connectivity index (χ0) is 32.2. The van der Waals surface area contributed by atoms with Gasteiger partial charge in [0.15, 0.2) is 0 Å². The first-order valence-corrected chi connectivity index (χ1v) is 19.0. The SMILES string of the molecule is CCCCCCCC/C=C\CCCCCCCCCC(=O)NC(COP(=O)([O-])OCC[N+](C)(C)C)C(O)CCCCCC. The molecule has 0 aliphatic carbocycles. The molecule has 8 nitrogen and oxygen atoms in total. The van der Waals surface area contributed by atoms with Gasteiger partial charge in [0, 0.05) is 6.42 Å². The molecule has 0 saturated carbocycles. The van der Waals surface area contributed by atoms with Crippen molar-refractivity contribution in [1.82, 2.24) is 5.32 Å². The van der Waals surface area contributed by atoms with Gasteiger partial charge in [-0.25, -0.2) is 0 Å². The Kier molecular flexibility index (Phi) is 27.1. The van der Waals surface area contributed by atoms with E-state index < -0.39 is 20.0 Å². The van der Waals surface area contributed by atoms with Gasteiger partial charge >= 0.3 is 0 Å². The standard InChI is InChI=1S/C34H69N2O6P/c1-6-8-10-12-13-14-15-16-17-18-19-20-21-22-23-24-26-28-34(38)35-32(33(37)27-25-11-9-7-2)31-42-43(39,40)41-30-29-36(3,4)5/h16-17,32-33,37H,6-15,18-31H2,1-5H3,(H-,35,38,39,40)/b17-16-. The Morgan fingerprint density at radius 2 is 1.28 bits per heavy atom. The van der Waals surface area contributed by atoms with Crippen LogP contribution in [0.4, 0.5) is 0 Å². The third kappa shape index (κ3) is 29.7. The molecule has 0 bridgehead atoms. The lowest BCUT2D eigenvalue weighted by atomic mass is 10.0. The summed E-state index contributed by atoms with van der Waals surface area (Å²) in [5.41, 5.74) is 0. The van der Waals surface area contributed by atoms with Crippen molar-refractivity contribution in [3.8, 4) is 0 Å². The molecule has 9 heteroatoms. The van der Waals surface area contributed by atoms with Crippen LogP contribution in [0.5, 0.6) is 0 Å². The van der Waals surface area contributed by atoms with E-state index in [0.29, 0.717) is 23.9 Å². The molecule has 0 aliphatic heterocycles. The van der Waals surface area contributed by atoms with Gasteiger partial charge in [0.1, 0.15) is 13.2 Å². The van der Waals surface area contributed by atoms with E-state index in [4.69, 9.17) is 9.05 Å². The molecule has 0 heterocycles. The van der Waals surface area contributed by atoms with Crippen LogP contribution in [0.2, 0.25) is 0 Å². The number of carbonyl (C=O) groups excluding carboxylic acids is 1. The van der Waals surface area contributed by atoms with E-state index >= 15 is 0 Å². The van der Waals surface area contributed by atoms with Crippen LogP contribution < -0.4 is 10.2 Å². The number of carbonyl (C=O) groups is 1. The van der Waals surface area contributed by atoms with E-state index in [-0.39, 0.29) is 19.1 Å². The molecular weight excluding hydrogens is 563 g/mol. The van der Waals surface area contributed by atoms with Crippen LogP contribution >= 0.6 is 7.82 Å². The summed E-state index contributed by atoms with van der Waals surface area (Å²) in [7, 11) is 1.29. The molecule has 3 atom stereocenters. The Morgan fingerprint density at radius 1 is 0.791 bits per heavy atom. The van der Waals surface area contributed by atoms with Gasteiger partial charge in [-0.2, -0.15) is 0 Å². The highest BCUT2D eigenvalue weighted by atomic mass is 31.2. The number of likely N-dealkylation sites (N-methyl/N-ethyl adjacent to an activating group) is 1. The minimum Gasteiger partial charge on any atom is -0.756 e. The van der Waals surface area contributed by atoms with Crippen LogP contribution in [-0.4, -0.2) is 68.5 Å². The maximum Gasteiger partial charge on any atom is 0.268 e. The van der Waals surface area contributed by atoms with Crippen molar-refractivity contribution in [2.75, 3.05) is 40.9 Å². The Labute approximate surface area is 265 Å². The highest BCUT2D eigenvalue weighted by Gasteiger charge is 2.24. The molecule has 0 aliphatic rings. The predicted octanol–water partition coefficient (Wildman–Crippen LogP) is 7.83. The molecule has 0 rings (SSSR count). The fourth-order valence-electron chi connectivity index (χ4n) is 4.85. The molecule has 0 aromatic carbocycles. The minimum atomic E-state index is -4.53. The van der Waals surface area contributed by atoms with E-state index in [1.54, 1.807) is 0 Å². The van der Waals surface area contributed by atoms with E-state index in [1.165, 1.54) is 77.0 Å². The van der Waals surface area contributed by atoms with Gasteiger partial charge in [-0.3, -0.25) is 9.36 Å². The molecule has 256 valence electrons. The molecule has 2 N–H and O–H groups in total. The van der Waals surface area contributed by atoms with Gasteiger partial charge in [-0.15, -0.1) is 0 Å². The summed E-state index contributed by atoms with van der Waals surface area (Å²) >= 11 is 0. The Morgan fingerprint density at radius 3 is 1.81 bits per heavy atom. The second-order valence-corrected chi connectivity index (χ2v) is 14.6. The van der Waals surface area contributed by atoms with Crippen molar-refractivity contribution >= 4 is 13.7 Å². The first-order valence-electron chi connectivity index (χ1n) is 17.5. The second-order valence-electron chi connectivity index (χ2n) is 13.2. The number of rotatable bonds is 31. The predicted molar refractivity (Wildman–Crippen MR) is 178 cm³/mol. The molecule has 0 aromatic rings. The van der Waals surface area contributed by atoms with Crippen molar-refractivity contribution < 1.29 is 32.9 Å². The summed E-state index contributed by atoms with van der Waals surface area (Å²) in [6.45, 7) is 4.56. The highest BCUT2D eigenvalue weighted by Crippen LogP contribution is 2.38. The summed E-state index contributed by atoms with van der Waals surface area (Å²) in [4.78, 5) is 24.9. The second kappa shape index (κ2) is 27.5. The molecule has 0 saturated heterocycles. The average molecular weight is 633 g/mol. The van der Waals surface area contributed by atoms with E-state index in [9.17, 15) is 19.4 Å². The van der Waals surface area contributed by atoms with Crippen LogP contribution in [0.25, 0.3) is 0 Å². The largest absolute Gasteiger partial charge is 0.756 e. The Hall–Kier alpha value is -0.760. The number of allylic oxidation sites excluding steroid dienone is 2. The van der Waals surface area contributed by atoms with Crippen molar-refractivity contribution in [3.63, 3.8) is 0 Å². The Bertz CT molecular complexity index is 728. The number of hydrogen-bond donors (Lipinski definition) is 2. The van der Waals surface area contributed by atoms with Gasteiger partial charge in [-0.05, 0) is 38.5 Å². The smallest absolute Gasteiger partial charge is 0.268 e.